The normalized spacial score (nSPS) is 33.7. The molecule has 0 bridgehead atoms. The molecule has 0 radical (unpaired) electrons. The number of nitrogens with one attached hydrogen (secondary N) is 1. The fraction of sp³-hybridized carbons (Fsp3) is 0.909. The topological polar surface area (TPSA) is 58.4 Å². The number of hydrogen-bond acceptors (Lipinski definition) is 3. The smallest absolute Gasteiger partial charge is 0.234 e. The Labute approximate surface area is 91.2 Å². The summed E-state index contributed by atoms with van der Waals surface area (Å²) in [6, 6.07) is 0.532. The van der Waals surface area contributed by atoms with Crippen LogP contribution in [0.25, 0.3) is 0 Å². The first-order valence-electron chi connectivity index (χ1n) is 5.99. The van der Waals surface area contributed by atoms with Gasteiger partial charge in [-0.05, 0) is 31.7 Å². The molecule has 3 atom stereocenters. The Kier molecular flexibility index (Phi) is 3.26. The average Bonchev–Trinajstić information content (AvgIpc) is 2.61. The molecule has 2 heterocycles. The Morgan fingerprint density at radius 2 is 2.40 bits per heavy atom. The van der Waals surface area contributed by atoms with Gasteiger partial charge in [0, 0.05) is 19.1 Å². The Bertz CT molecular complexity index is 230. The second kappa shape index (κ2) is 4.49. The number of nitrogens with two attached hydrogens (primary N) is 1. The molecule has 0 aromatic carbocycles. The van der Waals surface area contributed by atoms with Gasteiger partial charge in [-0.1, -0.05) is 6.92 Å². The summed E-state index contributed by atoms with van der Waals surface area (Å²) in [7, 11) is 0. The second-order valence-corrected chi connectivity index (χ2v) is 4.74. The van der Waals surface area contributed by atoms with E-state index in [0.29, 0.717) is 6.04 Å². The summed E-state index contributed by atoms with van der Waals surface area (Å²) >= 11 is 0. The van der Waals surface area contributed by atoms with Crippen molar-refractivity contribution in [3.8, 4) is 0 Å². The Hall–Kier alpha value is -0.610. The number of carbonyl (C=O) groups excluding carboxylic acids is 1. The van der Waals surface area contributed by atoms with E-state index in [2.05, 4.69) is 10.2 Å². The summed E-state index contributed by atoms with van der Waals surface area (Å²) in [5.41, 5.74) is 5.42. The molecular formula is C11H21N3O. The van der Waals surface area contributed by atoms with E-state index in [4.69, 9.17) is 5.73 Å². The summed E-state index contributed by atoms with van der Waals surface area (Å²) in [6.07, 6.45) is 3.39. The Balaban J connectivity index is 1.98. The van der Waals surface area contributed by atoms with Gasteiger partial charge in [-0.3, -0.25) is 9.69 Å². The fourth-order valence-corrected chi connectivity index (χ4v) is 2.97. The van der Waals surface area contributed by atoms with E-state index in [9.17, 15) is 4.79 Å². The highest BCUT2D eigenvalue weighted by molar-refractivity contribution is 5.79. The van der Waals surface area contributed by atoms with Crippen molar-refractivity contribution in [1.82, 2.24) is 10.2 Å². The van der Waals surface area contributed by atoms with Crippen LogP contribution in [0.5, 0.6) is 0 Å². The molecule has 86 valence electrons. The zero-order valence-electron chi connectivity index (χ0n) is 9.41. The number of carbonyl (C=O) groups is 1. The highest BCUT2D eigenvalue weighted by atomic mass is 16.1. The number of fused-ring (bicyclic) bond motifs is 1. The number of piperidine rings is 1. The van der Waals surface area contributed by atoms with E-state index in [0.717, 1.165) is 32.0 Å². The lowest BCUT2D eigenvalue weighted by Crippen LogP contribution is -2.45. The van der Waals surface area contributed by atoms with Crippen LogP contribution in [0.15, 0.2) is 0 Å². The lowest BCUT2D eigenvalue weighted by atomic mass is 9.94. The zero-order chi connectivity index (χ0) is 10.8. The van der Waals surface area contributed by atoms with Gasteiger partial charge in [-0.25, -0.2) is 0 Å². The number of primary amides is 1. The van der Waals surface area contributed by atoms with Gasteiger partial charge in [-0.2, -0.15) is 0 Å². The molecule has 2 aliphatic rings. The lowest BCUT2D eigenvalue weighted by molar-refractivity contribution is -0.123. The van der Waals surface area contributed by atoms with Gasteiger partial charge in [0.25, 0.3) is 0 Å². The fourth-order valence-electron chi connectivity index (χ4n) is 2.97. The molecule has 0 aliphatic carbocycles. The van der Waals surface area contributed by atoms with Crippen molar-refractivity contribution in [1.29, 1.82) is 0 Å². The molecule has 15 heavy (non-hydrogen) atoms. The van der Waals surface area contributed by atoms with E-state index < -0.39 is 0 Å². The van der Waals surface area contributed by atoms with Crippen molar-refractivity contribution in [2.24, 2.45) is 11.7 Å². The Morgan fingerprint density at radius 3 is 3.00 bits per heavy atom. The standard InChI is InChI=1S/C11H21N3O/c1-2-10(11(12)15)14-6-8-4-3-5-13-9(8)7-14/h8-10,13H,2-7H2,1H3,(H2,12,15). The van der Waals surface area contributed by atoms with Crippen molar-refractivity contribution in [2.75, 3.05) is 19.6 Å². The molecule has 0 spiro atoms. The van der Waals surface area contributed by atoms with E-state index >= 15 is 0 Å². The van der Waals surface area contributed by atoms with Crippen molar-refractivity contribution < 1.29 is 4.79 Å². The van der Waals surface area contributed by atoms with Crippen LogP contribution in [0.3, 0.4) is 0 Å². The predicted molar refractivity (Wildman–Crippen MR) is 59.4 cm³/mol. The minimum absolute atomic E-state index is 0.0580. The quantitative estimate of drug-likeness (QED) is 0.687. The van der Waals surface area contributed by atoms with E-state index in [-0.39, 0.29) is 11.9 Å². The molecule has 1 amide bonds. The van der Waals surface area contributed by atoms with Gasteiger partial charge in [-0.15, -0.1) is 0 Å². The Morgan fingerprint density at radius 1 is 1.60 bits per heavy atom. The van der Waals surface area contributed by atoms with Crippen LogP contribution in [-0.4, -0.2) is 42.5 Å². The highest BCUT2D eigenvalue weighted by Crippen LogP contribution is 2.26. The van der Waals surface area contributed by atoms with Gasteiger partial charge in [0.05, 0.1) is 6.04 Å². The third-order valence-electron chi connectivity index (χ3n) is 3.78. The maximum atomic E-state index is 11.3. The molecule has 3 N–H and O–H groups in total. The van der Waals surface area contributed by atoms with E-state index in [1.807, 2.05) is 6.92 Å². The van der Waals surface area contributed by atoms with Crippen LogP contribution in [0.2, 0.25) is 0 Å². The van der Waals surface area contributed by atoms with Gasteiger partial charge >= 0.3 is 0 Å². The number of nitrogens with zero attached hydrogens (tertiary/aromatic N) is 1. The molecule has 0 aromatic heterocycles. The van der Waals surface area contributed by atoms with Crippen molar-refractivity contribution >= 4 is 5.91 Å². The van der Waals surface area contributed by atoms with Crippen molar-refractivity contribution in [3.05, 3.63) is 0 Å². The van der Waals surface area contributed by atoms with Gasteiger partial charge in [0.2, 0.25) is 5.91 Å². The first kappa shape index (κ1) is 10.9. The minimum Gasteiger partial charge on any atom is -0.368 e. The largest absolute Gasteiger partial charge is 0.368 e. The van der Waals surface area contributed by atoms with Gasteiger partial charge in [0.1, 0.15) is 0 Å². The maximum Gasteiger partial charge on any atom is 0.234 e. The van der Waals surface area contributed by atoms with Crippen LogP contribution < -0.4 is 11.1 Å². The number of amides is 1. The monoisotopic (exact) mass is 211 g/mol. The highest BCUT2D eigenvalue weighted by Gasteiger charge is 2.38. The minimum atomic E-state index is -0.170. The van der Waals surface area contributed by atoms with Gasteiger partial charge in [0.15, 0.2) is 0 Å². The molecule has 2 fully saturated rings. The molecule has 4 heteroatoms. The number of likely N-dealkylation sites (tertiary alicyclic amines) is 1. The molecule has 0 saturated carbocycles. The predicted octanol–water partition coefficient (Wildman–Crippen LogP) is -0.0659. The third kappa shape index (κ3) is 2.16. The van der Waals surface area contributed by atoms with E-state index in [1.54, 1.807) is 0 Å². The molecule has 2 aliphatic heterocycles. The van der Waals surface area contributed by atoms with Crippen LogP contribution in [0.4, 0.5) is 0 Å². The van der Waals surface area contributed by atoms with Crippen LogP contribution in [0, 0.1) is 5.92 Å². The molecular weight excluding hydrogens is 190 g/mol. The first-order valence-corrected chi connectivity index (χ1v) is 5.99. The molecule has 3 unspecified atom stereocenters. The second-order valence-electron chi connectivity index (χ2n) is 4.74. The van der Waals surface area contributed by atoms with Crippen LogP contribution >= 0.6 is 0 Å². The molecule has 0 aromatic rings. The third-order valence-corrected chi connectivity index (χ3v) is 3.78. The summed E-state index contributed by atoms with van der Waals surface area (Å²) in [5.74, 6) is 0.559. The molecule has 2 saturated heterocycles. The van der Waals surface area contributed by atoms with Crippen LogP contribution in [0.1, 0.15) is 26.2 Å². The SMILES string of the molecule is CCC(C(N)=O)N1CC2CCCNC2C1. The average molecular weight is 211 g/mol. The van der Waals surface area contributed by atoms with Crippen LogP contribution in [-0.2, 0) is 4.79 Å². The van der Waals surface area contributed by atoms with Crippen molar-refractivity contribution in [2.45, 2.75) is 38.3 Å². The molecule has 2 rings (SSSR count). The summed E-state index contributed by atoms with van der Waals surface area (Å²) in [6.45, 7) is 5.19. The van der Waals surface area contributed by atoms with Gasteiger partial charge < -0.3 is 11.1 Å². The zero-order valence-corrected chi connectivity index (χ0v) is 9.41. The molecule has 4 nitrogen and oxygen atoms in total. The summed E-state index contributed by atoms with van der Waals surface area (Å²) in [4.78, 5) is 13.5. The maximum absolute atomic E-state index is 11.3. The summed E-state index contributed by atoms with van der Waals surface area (Å²) < 4.78 is 0. The number of hydrogen-bond donors (Lipinski definition) is 2. The van der Waals surface area contributed by atoms with Crippen molar-refractivity contribution in [3.63, 3.8) is 0 Å². The number of rotatable bonds is 3. The first-order chi connectivity index (χ1) is 7.22. The lowest BCUT2D eigenvalue weighted by Gasteiger charge is -2.25. The van der Waals surface area contributed by atoms with E-state index in [1.165, 1.54) is 12.8 Å². The summed E-state index contributed by atoms with van der Waals surface area (Å²) in [5, 5.41) is 3.54.